The molecule has 0 fully saturated rings. The predicted octanol–water partition coefficient (Wildman–Crippen LogP) is 3.14. The largest absolute Gasteiger partial charge is 0.461 e. The number of hydrogen-bond donors (Lipinski definition) is 1. The summed E-state index contributed by atoms with van der Waals surface area (Å²) in [5.74, 6) is -0.497. The van der Waals surface area contributed by atoms with Gasteiger partial charge in [-0.2, -0.15) is 0 Å². The van der Waals surface area contributed by atoms with Gasteiger partial charge in [0.15, 0.2) is 11.5 Å². The quantitative estimate of drug-likeness (QED) is 0.745. The van der Waals surface area contributed by atoms with Crippen molar-refractivity contribution in [2.75, 3.05) is 6.61 Å². The van der Waals surface area contributed by atoms with E-state index in [4.69, 9.17) is 9.26 Å². The summed E-state index contributed by atoms with van der Waals surface area (Å²) < 4.78 is 23.6. The fourth-order valence-electron chi connectivity index (χ4n) is 2.03. The molecule has 6 heteroatoms. The van der Waals surface area contributed by atoms with E-state index in [-0.39, 0.29) is 18.1 Å². The average molecular weight is 274 g/mol. The number of nitrogens with one attached hydrogen (secondary N) is 1. The fraction of sp³-hybridized carbons (Fsp3) is 0.143. The van der Waals surface area contributed by atoms with Gasteiger partial charge in [-0.05, 0) is 25.1 Å². The molecule has 3 aromatic rings. The summed E-state index contributed by atoms with van der Waals surface area (Å²) in [6, 6.07) is 6.03. The molecule has 0 amide bonds. The van der Waals surface area contributed by atoms with Gasteiger partial charge in [-0.1, -0.05) is 5.16 Å². The Hall–Kier alpha value is -2.63. The number of nitrogens with zero attached hydrogens (tertiary/aromatic N) is 1. The van der Waals surface area contributed by atoms with Gasteiger partial charge in [-0.3, -0.25) is 0 Å². The fourth-order valence-corrected chi connectivity index (χ4v) is 2.03. The number of esters is 1. The van der Waals surface area contributed by atoms with Crippen LogP contribution >= 0.6 is 0 Å². The number of aromatic nitrogens is 2. The molecule has 0 aliphatic rings. The lowest BCUT2D eigenvalue weighted by Gasteiger charge is -1.99. The zero-order chi connectivity index (χ0) is 14.1. The number of ether oxygens (including phenoxy) is 1. The van der Waals surface area contributed by atoms with Crippen LogP contribution in [0.1, 0.15) is 17.4 Å². The summed E-state index contributed by atoms with van der Waals surface area (Å²) in [6.45, 7) is 1.97. The molecule has 102 valence electrons. The first-order valence-electron chi connectivity index (χ1n) is 6.10. The lowest BCUT2D eigenvalue weighted by Crippen LogP contribution is -2.04. The maximum absolute atomic E-state index is 13.6. The normalized spacial score (nSPS) is 10.9. The van der Waals surface area contributed by atoms with E-state index in [9.17, 15) is 9.18 Å². The highest BCUT2D eigenvalue weighted by atomic mass is 19.1. The first-order chi connectivity index (χ1) is 9.70. The van der Waals surface area contributed by atoms with Crippen LogP contribution in [0.4, 0.5) is 4.39 Å². The van der Waals surface area contributed by atoms with Crippen LogP contribution in [-0.2, 0) is 4.74 Å². The van der Waals surface area contributed by atoms with Gasteiger partial charge in [-0.15, -0.1) is 0 Å². The summed E-state index contributed by atoms with van der Waals surface area (Å²) in [7, 11) is 0. The van der Waals surface area contributed by atoms with E-state index in [2.05, 4.69) is 10.1 Å². The van der Waals surface area contributed by atoms with Crippen LogP contribution in [0.3, 0.4) is 0 Å². The van der Waals surface area contributed by atoms with E-state index in [1.54, 1.807) is 25.3 Å². The van der Waals surface area contributed by atoms with Crippen molar-refractivity contribution >= 4 is 16.9 Å². The molecule has 0 unspecified atom stereocenters. The minimum atomic E-state index is -0.549. The van der Waals surface area contributed by atoms with Crippen molar-refractivity contribution in [2.45, 2.75) is 6.92 Å². The molecule has 0 radical (unpaired) electrons. The average Bonchev–Trinajstić information content (AvgIpc) is 3.08. The maximum Gasteiger partial charge on any atom is 0.360 e. The van der Waals surface area contributed by atoms with Crippen LogP contribution in [0, 0.1) is 5.82 Å². The molecule has 20 heavy (non-hydrogen) atoms. The van der Waals surface area contributed by atoms with E-state index in [1.807, 2.05) is 0 Å². The molecular weight excluding hydrogens is 263 g/mol. The highest BCUT2D eigenvalue weighted by Gasteiger charge is 2.17. The molecule has 2 aromatic heterocycles. The van der Waals surface area contributed by atoms with Crippen molar-refractivity contribution in [3.63, 3.8) is 0 Å². The van der Waals surface area contributed by atoms with Gasteiger partial charge in [0.1, 0.15) is 5.82 Å². The second-order valence-corrected chi connectivity index (χ2v) is 4.16. The summed E-state index contributed by atoms with van der Waals surface area (Å²) in [5, 5.41) is 4.12. The number of carbonyl (C=O) groups is 1. The summed E-state index contributed by atoms with van der Waals surface area (Å²) in [4.78, 5) is 14.5. The zero-order valence-corrected chi connectivity index (χ0v) is 10.6. The van der Waals surface area contributed by atoms with Gasteiger partial charge in [-0.25, -0.2) is 9.18 Å². The Morgan fingerprint density at radius 2 is 2.30 bits per heavy atom. The number of halogens is 1. The van der Waals surface area contributed by atoms with Gasteiger partial charge >= 0.3 is 5.97 Å². The summed E-state index contributed by atoms with van der Waals surface area (Å²) in [6.07, 6.45) is 1.64. The van der Waals surface area contributed by atoms with E-state index in [0.717, 1.165) is 0 Å². The van der Waals surface area contributed by atoms with Crippen LogP contribution in [0.25, 0.3) is 22.2 Å². The number of rotatable bonds is 3. The summed E-state index contributed by atoms with van der Waals surface area (Å²) >= 11 is 0. The Balaban J connectivity index is 2.06. The molecule has 3 rings (SSSR count). The standard InChI is InChI=1S/C14H11FN2O3/c1-2-19-14(18)11-7-12(20-17-11)9-3-4-10(15)8-5-6-16-13(8)9/h3-7,16H,2H2,1H3. The first kappa shape index (κ1) is 12.4. The molecule has 1 aromatic carbocycles. The number of carbonyl (C=O) groups excluding carboxylic acids is 1. The molecular formula is C14H11FN2O3. The molecule has 0 bridgehead atoms. The molecule has 0 atom stereocenters. The van der Waals surface area contributed by atoms with Gasteiger partial charge in [0, 0.05) is 23.2 Å². The van der Waals surface area contributed by atoms with E-state index >= 15 is 0 Å². The molecule has 5 nitrogen and oxygen atoms in total. The molecule has 0 aliphatic heterocycles. The van der Waals surface area contributed by atoms with Crippen LogP contribution in [0.5, 0.6) is 0 Å². The third-order valence-electron chi connectivity index (χ3n) is 2.93. The van der Waals surface area contributed by atoms with Crippen molar-refractivity contribution in [3.8, 4) is 11.3 Å². The van der Waals surface area contributed by atoms with Gasteiger partial charge in [0.05, 0.1) is 12.1 Å². The van der Waals surface area contributed by atoms with Crippen molar-refractivity contribution in [1.82, 2.24) is 10.1 Å². The second kappa shape index (κ2) is 4.80. The van der Waals surface area contributed by atoms with Crippen LogP contribution in [0.15, 0.2) is 35.0 Å². The zero-order valence-electron chi connectivity index (χ0n) is 10.6. The van der Waals surface area contributed by atoms with E-state index in [0.29, 0.717) is 22.2 Å². The predicted molar refractivity (Wildman–Crippen MR) is 69.7 cm³/mol. The maximum atomic E-state index is 13.6. The number of aromatic amines is 1. The second-order valence-electron chi connectivity index (χ2n) is 4.16. The lowest BCUT2D eigenvalue weighted by molar-refractivity contribution is 0.0514. The van der Waals surface area contributed by atoms with E-state index < -0.39 is 5.97 Å². The third-order valence-corrected chi connectivity index (χ3v) is 2.93. The SMILES string of the molecule is CCOC(=O)c1cc(-c2ccc(F)c3cc[nH]c23)on1. The molecule has 0 spiro atoms. The van der Waals surface area contributed by atoms with Crippen LogP contribution in [0.2, 0.25) is 0 Å². The Morgan fingerprint density at radius 3 is 3.10 bits per heavy atom. The van der Waals surface area contributed by atoms with Crippen molar-refractivity contribution in [3.05, 3.63) is 42.0 Å². The third kappa shape index (κ3) is 1.95. The van der Waals surface area contributed by atoms with Gasteiger partial charge in [0.25, 0.3) is 0 Å². The number of H-pyrrole nitrogens is 1. The molecule has 0 saturated carbocycles. The minimum absolute atomic E-state index is 0.0888. The van der Waals surface area contributed by atoms with Gasteiger partial charge < -0.3 is 14.2 Å². The van der Waals surface area contributed by atoms with Gasteiger partial charge in [0.2, 0.25) is 0 Å². The highest BCUT2D eigenvalue weighted by molar-refractivity contribution is 5.95. The highest BCUT2D eigenvalue weighted by Crippen LogP contribution is 2.29. The van der Waals surface area contributed by atoms with Crippen LogP contribution < -0.4 is 0 Å². The molecule has 1 N–H and O–H groups in total. The van der Waals surface area contributed by atoms with Crippen molar-refractivity contribution in [1.29, 1.82) is 0 Å². The number of benzene rings is 1. The smallest absolute Gasteiger partial charge is 0.360 e. The summed E-state index contributed by atoms with van der Waals surface area (Å²) in [5.41, 5.74) is 1.32. The van der Waals surface area contributed by atoms with E-state index in [1.165, 1.54) is 12.1 Å². The topological polar surface area (TPSA) is 68.1 Å². The molecule has 2 heterocycles. The minimum Gasteiger partial charge on any atom is -0.461 e. The van der Waals surface area contributed by atoms with Crippen molar-refractivity contribution < 1.29 is 18.4 Å². The van der Waals surface area contributed by atoms with Crippen LogP contribution in [-0.4, -0.2) is 22.7 Å². The lowest BCUT2D eigenvalue weighted by atomic mass is 10.1. The number of fused-ring (bicyclic) bond motifs is 1. The molecule has 0 saturated heterocycles. The first-order valence-corrected chi connectivity index (χ1v) is 6.10. The van der Waals surface area contributed by atoms with Crippen molar-refractivity contribution in [2.24, 2.45) is 0 Å². The Bertz CT molecular complexity index is 776. The Kier molecular flexibility index (Phi) is 2.98. The Labute approximate surface area is 113 Å². The molecule has 0 aliphatic carbocycles. The Morgan fingerprint density at radius 1 is 1.45 bits per heavy atom. The monoisotopic (exact) mass is 274 g/mol. The number of hydrogen-bond acceptors (Lipinski definition) is 4.